The van der Waals surface area contributed by atoms with Gasteiger partial charge in [0.25, 0.3) is 5.91 Å². The van der Waals surface area contributed by atoms with E-state index in [1.165, 1.54) is 0 Å². The summed E-state index contributed by atoms with van der Waals surface area (Å²) in [5.74, 6) is -0.0788. The number of nitrogens with zero attached hydrogens (tertiary/aromatic N) is 3. The summed E-state index contributed by atoms with van der Waals surface area (Å²) in [6.45, 7) is 10.6. The number of aromatic nitrogens is 3. The first-order valence-electron chi connectivity index (χ1n) is 7.76. The molecule has 2 aromatic rings. The van der Waals surface area contributed by atoms with Gasteiger partial charge in [-0.3, -0.25) is 14.5 Å². The van der Waals surface area contributed by atoms with Gasteiger partial charge in [-0.25, -0.2) is 0 Å². The van der Waals surface area contributed by atoms with E-state index in [-0.39, 0.29) is 11.9 Å². The first-order chi connectivity index (χ1) is 10.5. The molecule has 22 heavy (non-hydrogen) atoms. The van der Waals surface area contributed by atoms with Crippen molar-refractivity contribution in [3.05, 3.63) is 46.5 Å². The molecule has 118 valence electrons. The molecule has 5 nitrogen and oxygen atoms in total. The smallest absolute Gasteiger partial charge is 0.255 e. The van der Waals surface area contributed by atoms with E-state index in [2.05, 4.69) is 15.4 Å². The third-order valence-electron chi connectivity index (χ3n) is 3.89. The molecule has 5 heteroatoms. The normalized spacial score (nSPS) is 12.2. The molecule has 2 rings (SSSR count). The van der Waals surface area contributed by atoms with Gasteiger partial charge in [-0.2, -0.15) is 5.10 Å². The zero-order valence-corrected chi connectivity index (χ0v) is 14.0. The SMILES string of the molecule is CCC(NC(=O)c1c(C)nn(CC)c1C)c1cccc(C)n1. The Labute approximate surface area is 131 Å². The number of pyridine rings is 1. The Kier molecular flexibility index (Phi) is 4.96. The largest absolute Gasteiger partial charge is 0.344 e. The molecule has 0 bridgehead atoms. The van der Waals surface area contributed by atoms with Gasteiger partial charge < -0.3 is 5.32 Å². The fourth-order valence-corrected chi connectivity index (χ4v) is 2.71. The van der Waals surface area contributed by atoms with E-state index >= 15 is 0 Å². The second kappa shape index (κ2) is 6.73. The van der Waals surface area contributed by atoms with Crippen LogP contribution in [-0.4, -0.2) is 20.7 Å². The van der Waals surface area contributed by atoms with Gasteiger partial charge in [-0.05, 0) is 46.2 Å². The molecule has 0 fully saturated rings. The van der Waals surface area contributed by atoms with Crippen LogP contribution in [0.4, 0.5) is 0 Å². The average Bonchev–Trinajstić information content (AvgIpc) is 2.78. The van der Waals surface area contributed by atoms with Gasteiger partial charge in [-0.15, -0.1) is 0 Å². The van der Waals surface area contributed by atoms with Crippen LogP contribution in [0.3, 0.4) is 0 Å². The van der Waals surface area contributed by atoms with E-state index in [0.29, 0.717) is 5.56 Å². The van der Waals surface area contributed by atoms with E-state index in [1.54, 1.807) is 0 Å². The van der Waals surface area contributed by atoms with E-state index < -0.39 is 0 Å². The van der Waals surface area contributed by atoms with Crippen LogP contribution in [0.5, 0.6) is 0 Å². The van der Waals surface area contributed by atoms with Crippen LogP contribution in [0.2, 0.25) is 0 Å². The monoisotopic (exact) mass is 300 g/mol. The summed E-state index contributed by atoms with van der Waals surface area (Å²) in [6.07, 6.45) is 0.794. The molecule has 0 aliphatic rings. The first-order valence-corrected chi connectivity index (χ1v) is 7.76. The van der Waals surface area contributed by atoms with Crippen molar-refractivity contribution in [2.45, 2.75) is 53.6 Å². The maximum absolute atomic E-state index is 12.7. The molecule has 0 saturated heterocycles. The molecule has 0 aromatic carbocycles. The van der Waals surface area contributed by atoms with Crippen molar-refractivity contribution in [3.63, 3.8) is 0 Å². The van der Waals surface area contributed by atoms with Crippen molar-refractivity contribution in [1.82, 2.24) is 20.1 Å². The van der Waals surface area contributed by atoms with Crippen molar-refractivity contribution in [2.24, 2.45) is 0 Å². The summed E-state index contributed by atoms with van der Waals surface area (Å²) < 4.78 is 1.86. The van der Waals surface area contributed by atoms with Crippen LogP contribution in [-0.2, 0) is 6.54 Å². The summed E-state index contributed by atoms with van der Waals surface area (Å²) in [7, 11) is 0. The number of amides is 1. The Balaban J connectivity index is 2.25. The number of hydrogen-bond acceptors (Lipinski definition) is 3. The van der Waals surface area contributed by atoms with E-state index in [0.717, 1.165) is 35.7 Å². The summed E-state index contributed by atoms with van der Waals surface area (Å²) in [6, 6.07) is 5.79. The predicted octanol–water partition coefficient (Wildman–Crippen LogP) is 3.10. The molecule has 1 atom stereocenters. The van der Waals surface area contributed by atoms with Crippen LogP contribution in [0.25, 0.3) is 0 Å². The maximum atomic E-state index is 12.7. The quantitative estimate of drug-likeness (QED) is 0.923. The van der Waals surface area contributed by atoms with Crippen molar-refractivity contribution in [1.29, 1.82) is 0 Å². The third-order valence-corrected chi connectivity index (χ3v) is 3.89. The summed E-state index contributed by atoms with van der Waals surface area (Å²) in [5.41, 5.74) is 4.20. The van der Waals surface area contributed by atoms with Gasteiger partial charge in [0.15, 0.2) is 0 Å². The number of nitrogens with one attached hydrogen (secondary N) is 1. The fourth-order valence-electron chi connectivity index (χ4n) is 2.71. The second-order valence-corrected chi connectivity index (χ2v) is 5.50. The van der Waals surface area contributed by atoms with E-state index in [9.17, 15) is 4.79 Å². The number of carbonyl (C=O) groups excluding carboxylic acids is 1. The molecular weight excluding hydrogens is 276 g/mol. The highest BCUT2D eigenvalue weighted by Crippen LogP contribution is 2.18. The number of aryl methyl sites for hydroxylation is 3. The van der Waals surface area contributed by atoms with E-state index in [4.69, 9.17) is 0 Å². The van der Waals surface area contributed by atoms with Gasteiger partial charge in [0, 0.05) is 17.9 Å². The minimum Gasteiger partial charge on any atom is -0.344 e. The van der Waals surface area contributed by atoms with E-state index in [1.807, 2.05) is 57.5 Å². The highest BCUT2D eigenvalue weighted by atomic mass is 16.1. The lowest BCUT2D eigenvalue weighted by atomic mass is 10.1. The molecular formula is C17H24N4O. The van der Waals surface area contributed by atoms with Crippen LogP contribution < -0.4 is 5.32 Å². The summed E-state index contributed by atoms with van der Waals surface area (Å²) in [5, 5.41) is 7.50. The van der Waals surface area contributed by atoms with Crippen molar-refractivity contribution < 1.29 is 4.79 Å². The fraction of sp³-hybridized carbons (Fsp3) is 0.471. The summed E-state index contributed by atoms with van der Waals surface area (Å²) >= 11 is 0. The third kappa shape index (κ3) is 3.18. The topological polar surface area (TPSA) is 59.8 Å². The minimum absolute atomic E-state index is 0.0788. The molecule has 2 aromatic heterocycles. The van der Waals surface area contributed by atoms with Gasteiger partial charge in [-0.1, -0.05) is 13.0 Å². The highest BCUT2D eigenvalue weighted by Gasteiger charge is 2.21. The number of rotatable bonds is 5. The molecule has 2 heterocycles. The number of carbonyl (C=O) groups is 1. The lowest BCUT2D eigenvalue weighted by Crippen LogP contribution is -2.29. The Morgan fingerprint density at radius 3 is 2.55 bits per heavy atom. The highest BCUT2D eigenvalue weighted by molar-refractivity contribution is 5.96. The molecule has 0 aliphatic heterocycles. The molecule has 0 aliphatic carbocycles. The molecule has 1 amide bonds. The first kappa shape index (κ1) is 16.2. The Bertz CT molecular complexity index is 675. The van der Waals surface area contributed by atoms with Crippen LogP contribution in [0.1, 0.15) is 59.4 Å². The van der Waals surface area contributed by atoms with Crippen molar-refractivity contribution >= 4 is 5.91 Å². The Morgan fingerprint density at radius 2 is 2.00 bits per heavy atom. The van der Waals surface area contributed by atoms with Gasteiger partial charge in [0.1, 0.15) is 0 Å². The van der Waals surface area contributed by atoms with Crippen LogP contribution >= 0.6 is 0 Å². The van der Waals surface area contributed by atoms with Crippen LogP contribution in [0, 0.1) is 20.8 Å². The Morgan fingerprint density at radius 1 is 1.27 bits per heavy atom. The molecule has 0 radical (unpaired) electrons. The standard InChI is InChI=1S/C17H24N4O/c1-6-14(15-10-8-9-11(3)18-15)19-17(22)16-12(4)20-21(7-2)13(16)5/h8-10,14H,6-7H2,1-5H3,(H,19,22). The van der Waals surface area contributed by atoms with Crippen molar-refractivity contribution in [3.8, 4) is 0 Å². The molecule has 0 saturated carbocycles. The molecule has 0 spiro atoms. The molecule has 1 unspecified atom stereocenters. The lowest BCUT2D eigenvalue weighted by Gasteiger charge is -2.17. The van der Waals surface area contributed by atoms with Gasteiger partial charge in [0.2, 0.25) is 0 Å². The lowest BCUT2D eigenvalue weighted by molar-refractivity contribution is 0.0933. The van der Waals surface area contributed by atoms with Gasteiger partial charge >= 0.3 is 0 Å². The average molecular weight is 300 g/mol. The minimum atomic E-state index is -0.0869. The second-order valence-electron chi connectivity index (χ2n) is 5.50. The maximum Gasteiger partial charge on any atom is 0.255 e. The molecule has 1 N–H and O–H groups in total. The van der Waals surface area contributed by atoms with Gasteiger partial charge in [0.05, 0.1) is 23.0 Å². The summed E-state index contributed by atoms with van der Waals surface area (Å²) in [4.78, 5) is 17.2. The van der Waals surface area contributed by atoms with Crippen molar-refractivity contribution in [2.75, 3.05) is 0 Å². The Hall–Kier alpha value is -2.17. The predicted molar refractivity (Wildman–Crippen MR) is 86.8 cm³/mol. The zero-order chi connectivity index (χ0) is 16.3. The zero-order valence-electron chi connectivity index (χ0n) is 14.0. The van der Waals surface area contributed by atoms with Crippen LogP contribution in [0.15, 0.2) is 18.2 Å². The number of hydrogen-bond donors (Lipinski definition) is 1.